The van der Waals surface area contributed by atoms with Gasteiger partial charge in [-0.05, 0) is 44.4 Å². The maximum Gasteiger partial charge on any atom is 0.257 e. The Balaban J connectivity index is 1.32. The Morgan fingerprint density at radius 3 is 2.83 bits per heavy atom. The van der Waals surface area contributed by atoms with Gasteiger partial charge < -0.3 is 14.8 Å². The van der Waals surface area contributed by atoms with Gasteiger partial charge in [0.05, 0.1) is 17.3 Å². The lowest BCUT2D eigenvalue weighted by molar-refractivity contribution is -0.117. The zero-order valence-electron chi connectivity index (χ0n) is 16.1. The third kappa shape index (κ3) is 3.63. The number of nitrogens with zero attached hydrogens (tertiary/aromatic N) is 2. The summed E-state index contributed by atoms with van der Waals surface area (Å²) >= 11 is 2.83. The zero-order valence-corrected chi connectivity index (χ0v) is 17.7. The normalized spacial score (nSPS) is 16.8. The molecule has 2 aromatic heterocycles. The van der Waals surface area contributed by atoms with Gasteiger partial charge in [0.2, 0.25) is 12.7 Å². The van der Waals surface area contributed by atoms with Crippen molar-refractivity contribution in [1.82, 2.24) is 9.97 Å². The minimum atomic E-state index is -0.342. The highest BCUT2D eigenvalue weighted by atomic mass is 32.1. The number of carbonyl (C=O) groups is 2. The summed E-state index contributed by atoms with van der Waals surface area (Å²) in [6.07, 6.45) is 2.48. The van der Waals surface area contributed by atoms with Crippen LogP contribution in [0.2, 0.25) is 0 Å². The summed E-state index contributed by atoms with van der Waals surface area (Å²) in [6.45, 7) is 2.05. The van der Waals surface area contributed by atoms with Crippen molar-refractivity contribution >= 4 is 44.8 Å². The van der Waals surface area contributed by atoms with Crippen LogP contribution in [0.3, 0.4) is 0 Å². The van der Waals surface area contributed by atoms with E-state index >= 15 is 0 Å². The molecule has 2 amide bonds. The van der Waals surface area contributed by atoms with Gasteiger partial charge >= 0.3 is 0 Å². The van der Waals surface area contributed by atoms with E-state index in [2.05, 4.69) is 20.6 Å². The van der Waals surface area contributed by atoms with Crippen LogP contribution in [0.15, 0.2) is 23.6 Å². The summed E-state index contributed by atoms with van der Waals surface area (Å²) in [7, 11) is 0. The molecule has 1 aromatic carbocycles. The Hall–Kier alpha value is -2.98. The molecule has 0 radical (unpaired) electrons. The summed E-state index contributed by atoms with van der Waals surface area (Å²) in [5.74, 6) is 0.448. The van der Waals surface area contributed by atoms with Gasteiger partial charge in [-0.1, -0.05) is 0 Å². The largest absolute Gasteiger partial charge is 0.454 e. The van der Waals surface area contributed by atoms with Crippen LogP contribution >= 0.6 is 22.7 Å². The quantitative estimate of drug-likeness (QED) is 0.634. The van der Waals surface area contributed by atoms with E-state index in [1.165, 1.54) is 22.7 Å². The van der Waals surface area contributed by atoms with Crippen molar-refractivity contribution in [2.75, 3.05) is 17.4 Å². The van der Waals surface area contributed by atoms with E-state index in [-0.39, 0.29) is 24.5 Å². The first-order chi connectivity index (χ1) is 14.6. The Morgan fingerprint density at radius 1 is 1.13 bits per heavy atom. The van der Waals surface area contributed by atoms with Gasteiger partial charge in [0.1, 0.15) is 0 Å². The van der Waals surface area contributed by atoms with E-state index in [1.807, 2.05) is 12.3 Å². The second-order valence-electron chi connectivity index (χ2n) is 7.08. The van der Waals surface area contributed by atoms with Gasteiger partial charge in [-0.2, -0.15) is 0 Å². The summed E-state index contributed by atoms with van der Waals surface area (Å²) in [6, 6.07) is 5.05. The van der Waals surface area contributed by atoms with Crippen LogP contribution in [0.5, 0.6) is 11.5 Å². The molecule has 0 fully saturated rings. The average Bonchev–Trinajstić information content (AvgIpc) is 3.45. The molecule has 0 saturated carbocycles. The van der Waals surface area contributed by atoms with Crippen LogP contribution in [0.1, 0.15) is 45.4 Å². The summed E-state index contributed by atoms with van der Waals surface area (Å²) in [5.41, 5.74) is 2.08. The van der Waals surface area contributed by atoms with Crippen molar-refractivity contribution in [2.24, 2.45) is 0 Å². The molecule has 0 spiro atoms. The second kappa shape index (κ2) is 7.69. The highest BCUT2D eigenvalue weighted by Gasteiger charge is 2.31. The number of thiazole rings is 2. The fourth-order valence-electron chi connectivity index (χ4n) is 3.54. The maximum atomic E-state index is 12.8. The molecule has 154 valence electrons. The lowest BCUT2D eigenvalue weighted by Crippen LogP contribution is -2.24. The number of ether oxygens (including phenoxy) is 2. The number of amides is 2. The highest BCUT2D eigenvalue weighted by Crippen LogP contribution is 2.38. The third-order valence-electron chi connectivity index (χ3n) is 4.98. The number of carbonyl (C=O) groups excluding carboxylic acids is 2. The van der Waals surface area contributed by atoms with E-state index in [0.717, 1.165) is 35.5 Å². The zero-order chi connectivity index (χ0) is 20.7. The SMILES string of the molecule is Cc1csc(NC(=O)C2CCCc3sc(NC(=O)c4ccc5c(c4)OCO5)nc32)n1. The number of rotatable bonds is 4. The van der Waals surface area contributed by atoms with Crippen molar-refractivity contribution < 1.29 is 19.1 Å². The van der Waals surface area contributed by atoms with E-state index < -0.39 is 0 Å². The molecule has 3 heterocycles. The third-order valence-corrected chi connectivity index (χ3v) is 6.90. The molecule has 10 heteroatoms. The van der Waals surface area contributed by atoms with E-state index in [0.29, 0.717) is 27.3 Å². The molecule has 2 aliphatic rings. The number of hydrogen-bond acceptors (Lipinski definition) is 8. The van der Waals surface area contributed by atoms with Crippen molar-refractivity contribution in [3.05, 3.63) is 45.4 Å². The molecule has 2 N–H and O–H groups in total. The van der Waals surface area contributed by atoms with Gasteiger partial charge in [0.15, 0.2) is 21.8 Å². The van der Waals surface area contributed by atoms with Gasteiger partial charge in [-0.25, -0.2) is 9.97 Å². The fraction of sp³-hybridized carbons (Fsp3) is 0.300. The fourth-order valence-corrected chi connectivity index (χ4v) is 5.29. The van der Waals surface area contributed by atoms with Crippen LogP contribution in [-0.4, -0.2) is 28.6 Å². The van der Waals surface area contributed by atoms with Crippen LogP contribution in [0.4, 0.5) is 10.3 Å². The summed E-state index contributed by atoms with van der Waals surface area (Å²) in [4.78, 5) is 35.4. The topological polar surface area (TPSA) is 102 Å². The monoisotopic (exact) mass is 442 g/mol. The number of fused-ring (bicyclic) bond motifs is 2. The Bertz CT molecular complexity index is 1140. The van der Waals surface area contributed by atoms with Crippen LogP contribution in [0, 0.1) is 6.92 Å². The van der Waals surface area contributed by atoms with Crippen LogP contribution < -0.4 is 20.1 Å². The number of aromatic nitrogens is 2. The average molecular weight is 443 g/mol. The molecular weight excluding hydrogens is 424 g/mol. The lowest BCUT2D eigenvalue weighted by atomic mass is 9.90. The number of benzene rings is 1. The predicted molar refractivity (Wildman–Crippen MR) is 114 cm³/mol. The van der Waals surface area contributed by atoms with Gasteiger partial charge in [0.25, 0.3) is 5.91 Å². The summed E-state index contributed by atoms with van der Waals surface area (Å²) in [5, 5.41) is 8.73. The minimum absolute atomic E-state index is 0.107. The second-order valence-corrected chi connectivity index (χ2v) is 9.02. The molecule has 8 nitrogen and oxygen atoms in total. The molecule has 1 unspecified atom stereocenters. The standard InChI is InChI=1S/C20H18N4O4S2/c1-10-8-29-19(21-10)24-18(26)12-3-2-4-15-16(12)22-20(30-15)23-17(25)11-5-6-13-14(7-11)28-9-27-13/h5-8,12H,2-4,9H2,1H3,(H,21,24,26)(H,22,23,25). The molecule has 0 saturated heterocycles. The Kier molecular flexibility index (Phi) is 4.87. The van der Waals surface area contributed by atoms with Crippen molar-refractivity contribution in [1.29, 1.82) is 0 Å². The van der Waals surface area contributed by atoms with E-state index in [4.69, 9.17) is 9.47 Å². The van der Waals surface area contributed by atoms with E-state index in [9.17, 15) is 9.59 Å². The Morgan fingerprint density at radius 2 is 2.00 bits per heavy atom. The number of anilines is 2. The Labute approximate surface area is 180 Å². The van der Waals surface area contributed by atoms with Gasteiger partial charge in [0, 0.05) is 15.8 Å². The molecule has 1 aliphatic heterocycles. The van der Waals surface area contributed by atoms with E-state index in [1.54, 1.807) is 18.2 Å². The molecule has 1 atom stereocenters. The van der Waals surface area contributed by atoms with Gasteiger partial charge in [-0.3, -0.25) is 14.9 Å². The first kappa shape index (κ1) is 19.0. The van der Waals surface area contributed by atoms with Crippen LogP contribution in [0.25, 0.3) is 0 Å². The summed E-state index contributed by atoms with van der Waals surface area (Å²) < 4.78 is 10.6. The molecule has 0 bridgehead atoms. The highest BCUT2D eigenvalue weighted by molar-refractivity contribution is 7.16. The maximum absolute atomic E-state index is 12.8. The van der Waals surface area contributed by atoms with Gasteiger partial charge in [-0.15, -0.1) is 22.7 Å². The number of nitrogens with one attached hydrogen (secondary N) is 2. The number of aryl methyl sites for hydroxylation is 2. The lowest BCUT2D eigenvalue weighted by Gasteiger charge is -2.19. The molecule has 30 heavy (non-hydrogen) atoms. The smallest absolute Gasteiger partial charge is 0.257 e. The predicted octanol–water partition coefficient (Wildman–Crippen LogP) is 3.95. The molecule has 5 rings (SSSR count). The number of hydrogen-bond donors (Lipinski definition) is 2. The van der Waals surface area contributed by atoms with Crippen molar-refractivity contribution in [3.8, 4) is 11.5 Å². The first-order valence-corrected chi connectivity index (χ1v) is 11.2. The molecule has 3 aromatic rings. The van der Waals surface area contributed by atoms with Crippen LogP contribution in [-0.2, 0) is 11.2 Å². The van der Waals surface area contributed by atoms with Crippen molar-refractivity contribution in [2.45, 2.75) is 32.1 Å². The van der Waals surface area contributed by atoms with Crippen molar-refractivity contribution in [3.63, 3.8) is 0 Å². The molecular formula is C20H18N4O4S2. The first-order valence-electron chi connectivity index (χ1n) is 9.50. The minimum Gasteiger partial charge on any atom is -0.454 e. The molecule has 1 aliphatic carbocycles.